The number of nitrogens with zero attached hydrogens (tertiary/aromatic N) is 2. The van der Waals surface area contributed by atoms with E-state index in [1.165, 1.54) is 0 Å². The first-order valence-corrected chi connectivity index (χ1v) is 5.17. The molecule has 78 valence electrons. The van der Waals surface area contributed by atoms with Gasteiger partial charge in [-0.25, -0.2) is 4.98 Å². The molecule has 0 spiro atoms. The van der Waals surface area contributed by atoms with Crippen molar-refractivity contribution in [1.29, 1.82) is 0 Å². The number of benzene rings is 1. The van der Waals surface area contributed by atoms with Gasteiger partial charge in [0.1, 0.15) is 0 Å². The Labute approximate surface area is 93.5 Å². The summed E-state index contributed by atoms with van der Waals surface area (Å²) >= 11 is 6.12. The molecule has 0 radical (unpaired) electrons. The van der Waals surface area contributed by atoms with Gasteiger partial charge in [0, 0.05) is 17.1 Å². The minimum Gasteiger partial charge on any atom is -0.369 e. The fourth-order valence-corrected chi connectivity index (χ4v) is 1.84. The van der Waals surface area contributed by atoms with Gasteiger partial charge in [0.2, 0.25) is 5.95 Å². The van der Waals surface area contributed by atoms with Crippen LogP contribution in [0.5, 0.6) is 0 Å². The molecule has 15 heavy (non-hydrogen) atoms. The summed E-state index contributed by atoms with van der Waals surface area (Å²) in [7, 11) is 0. The predicted octanol–water partition coefficient (Wildman–Crippen LogP) is 2.81. The Morgan fingerprint density at radius 2 is 2.13 bits per heavy atom. The van der Waals surface area contributed by atoms with Crippen LogP contribution in [0.3, 0.4) is 0 Å². The first-order valence-electron chi connectivity index (χ1n) is 4.80. The Morgan fingerprint density at radius 3 is 2.80 bits per heavy atom. The van der Waals surface area contributed by atoms with Gasteiger partial charge in [-0.3, -0.25) is 0 Å². The van der Waals surface area contributed by atoms with Crippen molar-refractivity contribution in [2.45, 2.75) is 13.5 Å². The van der Waals surface area contributed by atoms with Crippen molar-refractivity contribution in [2.75, 3.05) is 5.73 Å². The summed E-state index contributed by atoms with van der Waals surface area (Å²) in [5, 5.41) is 0.715. The Morgan fingerprint density at radius 1 is 1.40 bits per heavy atom. The molecular formula is C11H12ClN3. The lowest BCUT2D eigenvalue weighted by Gasteiger charge is -2.07. The van der Waals surface area contributed by atoms with Crippen molar-refractivity contribution in [3.63, 3.8) is 0 Å². The van der Waals surface area contributed by atoms with Crippen molar-refractivity contribution in [2.24, 2.45) is 0 Å². The van der Waals surface area contributed by atoms with Gasteiger partial charge in [0.05, 0.1) is 11.9 Å². The number of imidazole rings is 1. The molecule has 0 saturated carbocycles. The normalized spacial score (nSPS) is 10.5. The van der Waals surface area contributed by atoms with E-state index in [1.807, 2.05) is 35.8 Å². The van der Waals surface area contributed by atoms with E-state index in [0.29, 0.717) is 11.0 Å². The lowest BCUT2D eigenvalue weighted by atomic mass is 10.1. The molecule has 1 aromatic heterocycles. The molecule has 0 bridgehead atoms. The standard InChI is InChI=1S/C11H12ClN3/c1-2-15-10(7-14-11(15)13)8-5-3-4-6-9(8)12/h3-7H,2H2,1H3,(H2,13,14). The molecule has 1 aromatic carbocycles. The second-order valence-corrected chi connectivity index (χ2v) is 3.63. The van der Waals surface area contributed by atoms with Gasteiger partial charge in [0.25, 0.3) is 0 Å². The lowest BCUT2D eigenvalue weighted by molar-refractivity contribution is 0.781. The number of hydrogen-bond acceptors (Lipinski definition) is 2. The van der Waals surface area contributed by atoms with Crippen molar-refractivity contribution >= 4 is 17.5 Å². The van der Waals surface area contributed by atoms with E-state index in [2.05, 4.69) is 4.98 Å². The predicted molar refractivity (Wildman–Crippen MR) is 62.8 cm³/mol. The Hall–Kier alpha value is -1.48. The molecular weight excluding hydrogens is 210 g/mol. The van der Waals surface area contributed by atoms with Gasteiger partial charge in [-0.15, -0.1) is 0 Å². The summed E-state index contributed by atoms with van der Waals surface area (Å²) in [5.41, 5.74) is 7.67. The van der Waals surface area contributed by atoms with Gasteiger partial charge in [-0.1, -0.05) is 29.8 Å². The maximum Gasteiger partial charge on any atom is 0.200 e. The van der Waals surface area contributed by atoms with E-state index >= 15 is 0 Å². The van der Waals surface area contributed by atoms with E-state index in [9.17, 15) is 0 Å². The van der Waals surface area contributed by atoms with Crippen LogP contribution in [0.15, 0.2) is 30.5 Å². The molecule has 2 N–H and O–H groups in total. The second-order valence-electron chi connectivity index (χ2n) is 3.23. The van der Waals surface area contributed by atoms with Crippen molar-refractivity contribution < 1.29 is 0 Å². The maximum absolute atomic E-state index is 6.12. The number of nitrogen functional groups attached to an aromatic ring is 1. The van der Waals surface area contributed by atoms with Crippen LogP contribution in [0, 0.1) is 0 Å². The monoisotopic (exact) mass is 221 g/mol. The number of nitrogens with two attached hydrogens (primary N) is 1. The van der Waals surface area contributed by atoms with Gasteiger partial charge in [-0.2, -0.15) is 0 Å². The Bertz CT molecular complexity index is 476. The summed E-state index contributed by atoms with van der Waals surface area (Å²) in [6.07, 6.45) is 1.75. The van der Waals surface area contributed by atoms with E-state index in [1.54, 1.807) is 6.20 Å². The molecule has 0 saturated heterocycles. The fraction of sp³-hybridized carbons (Fsp3) is 0.182. The van der Waals surface area contributed by atoms with Gasteiger partial charge >= 0.3 is 0 Å². The van der Waals surface area contributed by atoms with E-state index in [0.717, 1.165) is 17.8 Å². The molecule has 0 atom stereocenters. The molecule has 0 aliphatic carbocycles. The molecule has 3 nitrogen and oxygen atoms in total. The molecule has 0 fully saturated rings. The molecule has 0 aliphatic rings. The summed E-state index contributed by atoms with van der Waals surface area (Å²) in [6.45, 7) is 2.81. The van der Waals surface area contributed by atoms with Crippen LogP contribution in [0.1, 0.15) is 6.92 Å². The van der Waals surface area contributed by atoms with Gasteiger partial charge < -0.3 is 10.3 Å². The second kappa shape index (κ2) is 3.95. The number of aromatic nitrogens is 2. The van der Waals surface area contributed by atoms with Crippen LogP contribution >= 0.6 is 11.6 Å². The van der Waals surface area contributed by atoms with Crippen LogP contribution in [0.4, 0.5) is 5.95 Å². The molecule has 0 unspecified atom stereocenters. The third-order valence-corrected chi connectivity index (χ3v) is 2.68. The largest absolute Gasteiger partial charge is 0.369 e. The summed E-state index contributed by atoms with van der Waals surface area (Å²) in [4.78, 5) is 4.09. The molecule has 1 heterocycles. The van der Waals surface area contributed by atoms with Crippen LogP contribution in [-0.4, -0.2) is 9.55 Å². The van der Waals surface area contributed by atoms with Gasteiger partial charge in [0.15, 0.2) is 0 Å². The third kappa shape index (κ3) is 1.70. The number of anilines is 1. The quantitative estimate of drug-likeness (QED) is 0.848. The van der Waals surface area contributed by atoms with Crippen LogP contribution in [0.25, 0.3) is 11.3 Å². The van der Waals surface area contributed by atoms with Crippen LogP contribution < -0.4 is 5.73 Å². The zero-order valence-electron chi connectivity index (χ0n) is 8.44. The lowest BCUT2D eigenvalue weighted by Crippen LogP contribution is -2.02. The van der Waals surface area contributed by atoms with Crippen molar-refractivity contribution in [3.8, 4) is 11.3 Å². The topological polar surface area (TPSA) is 43.8 Å². The highest BCUT2D eigenvalue weighted by Crippen LogP contribution is 2.28. The third-order valence-electron chi connectivity index (χ3n) is 2.35. The van der Waals surface area contributed by atoms with Gasteiger partial charge in [-0.05, 0) is 13.0 Å². The zero-order valence-corrected chi connectivity index (χ0v) is 9.20. The molecule has 0 amide bonds. The van der Waals surface area contributed by atoms with E-state index < -0.39 is 0 Å². The molecule has 4 heteroatoms. The number of hydrogen-bond donors (Lipinski definition) is 1. The Kier molecular flexibility index (Phi) is 2.64. The molecule has 0 aliphatic heterocycles. The first-order chi connectivity index (χ1) is 7.24. The SMILES string of the molecule is CCn1c(-c2ccccc2Cl)cnc1N. The zero-order chi connectivity index (χ0) is 10.8. The molecule has 2 rings (SSSR count). The van der Waals surface area contributed by atoms with Crippen LogP contribution in [-0.2, 0) is 6.54 Å². The van der Waals surface area contributed by atoms with Crippen LogP contribution in [0.2, 0.25) is 5.02 Å². The maximum atomic E-state index is 6.12. The van der Waals surface area contributed by atoms with Crippen molar-refractivity contribution in [3.05, 3.63) is 35.5 Å². The number of halogens is 1. The highest BCUT2D eigenvalue weighted by atomic mass is 35.5. The van der Waals surface area contributed by atoms with Crippen molar-refractivity contribution in [1.82, 2.24) is 9.55 Å². The number of rotatable bonds is 2. The molecule has 2 aromatic rings. The highest BCUT2D eigenvalue weighted by molar-refractivity contribution is 6.33. The average molecular weight is 222 g/mol. The summed E-state index contributed by atoms with van der Waals surface area (Å²) in [5.74, 6) is 0.521. The smallest absolute Gasteiger partial charge is 0.200 e. The Balaban J connectivity index is 2.59. The van der Waals surface area contributed by atoms with E-state index in [4.69, 9.17) is 17.3 Å². The average Bonchev–Trinajstić information content (AvgIpc) is 2.60. The fourth-order valence-electron chi connectivity index (χ4n) is 1.61. The van der Waals surface area contributed by atoms with E-state index in [-0.39, 0.29) is 0 Å². The first kappa shape index (κ1) is 10.1. The minimum atomic E-state index is 0.521. The summed E-state index contributed by atoms with van der Waals surface area (Å²) in [6, 6.07) is 7.68. The summed E-state index contributed by atoms with van der Waals surface area (Å²) < 4.78 is 1.93. The highest BCUT2D eigenvalue weighted by Gasteiger charge is 2.10. The minimum absolute atomic E-state index is 0.521.